The maximum absolute atomic E-state index is 12.4. The van der Waals surface area contributed by atoms with Gasteiger partial charge >= 0.3 is 5.97 Å². The summed E-state index contributed by atoms with van der Waals surface area (Å²) >= 11 is 0. The minimum Gasteiger partial charge on any atom is -0.464 e. The number of unbranched alkanes of at least 4 members (excludes halogenated alkanes) is 9. The van der Waals surface area contributed by atoms with Crippen LogP contribution in [-0.4, -0.2) is 36.0 Å². The van der Waals surface area contributed by atoms with Crippen LogP contribution >= 0.6 is 0 Å². The fraction of sp³-hybridized carbons (Fsp3) is 0.905. The van der Waals surface area contributed by atoms with Crippen LogP contribution < -0.4 is 0 Å². The number of amides is 1. The van der Waals surface area contributed by atoms with E-state index in [1.54, 1.807) is 4.90 Å². The molecule has 1 fully saturated rings. The first-order chi connectivity index (χ1) is 12.2. The van der Waals surface area contributed by atoms with Crippen LogP contribution in [0.4, 0.5) is 0 Å². The molecule has 0 aromatic carbocycles. The molecule has 0 radical (unpaired) electrons. The van der Waals surface area contributed by atoms with Gasteiger partial charge in [0.15, 0.2) is 0 Å². The van der Waals surface area contributed by atoms with Crippen LogP contribution in [0.1, 0.15) is 104 Å². The molecular weight excluding hydrogens is 314 g/mol. The van der Waals surface area contributed by atoms with E-state index in [9.17, 15) is 9.59 Å². The van der Waals surface area contributed by atoms with E-state index in [4.69, 9.17) is 4.74 Å². The minimum atomic E-state index is -0.330. The van der Waals surface area contributed by atoms with E-state index in [1.165, 1.54) is 44.9 Å². The van der Waals surface area contributed by atoms with E-state index in [0.717, 1.165) is 38.5 Å². The number of ether oxygens (including phenoxy) is 1. The smallest absolute Gasteiger partial charge is 0.328 e. The van der Waals surface area contributed by atoms with Crippen molar-refractivity contribution in [1.29, 1.82) is 0 Å². The molecule has 0 aliphatic carbocycles. The summed E-state index contributed by atoms with van der Waals surface area (Å²) < 4.78 is 5.44. The van der Waals surface area contributed by atoms with Crippen molar-refractivity contribution < 1.29 is 14.3 Å². The van der Waals surface area contributed by atoms with Crippen molar-refractivity contribution in [2.45, 2.75) is 110 Å². The van der Waals surface area contributed by atoms with Gasteiger partial charge in [-0.3, -0.25) is 4.79 Å². The topological polar surface area (TPSA) is 46.6 Å². The third kappa shape index (κ3) is 9.27. The number of carbonyl (C=O) groups excluding carboxylic acids is 2. The van der Waals surface area contributed by atoms with Gasteiger partial charge in [0.2, 0.25) is 5.91 Å². The molecule has 1 heterocycles. The Hall–Kier alpha value is -1.06. The molecule has 1 amide bonds. The third-order valence-electron chi connectivity index (χ3n) is 5.08. The lowest BCUT2D eigenvalue weighted by Gasteiger charge is -2.23. The SMILES string of the molecule is CCCCCCCCOC(=O)C1CCCN1C(=O)CCCCCCC. The summed E-state index contributed by atoms with van der Waals surface area (Å²) in [5.41, 5.74) is 0. The highest BCUT2D eigenvalue weighted by atomic mass is 16.5. The van der Waals surface area contributed by atoms with Crippen molar-refractivity contribution in [1.82, 2.24) is 4.90 Å². The molecule has 1 saturated heterocycles. The Bertz CT molecular complexity index is 370. The van der Waals surface area contributed by atoms with Crippen LogP contribution in [0.3, 0.4) is 0 Å². The van der Waals surface area contributed by atoms with E-state index in [2.05, 4.69) is 13.8 Å². The van der Waals surface area contributed by atoms with Gasteiger partial charge in [-0.05, 0) is 25.7 Å². The van der Waals surface area contributed by atoms with E-state index in [1.807, 2.05) is 0 Å². The molecule has 0 spiro atoms. The van der Waals surface area contributed by atoms with Gasteiger partial charge in [-0.25, -0.2) is 4.79 Å². The Morgan fingerprint density at radius 1 is 0.880 bits per heavy atom. The molecule has 1 aliphatic rings. The fourth-order valence-electron chi connectivity index (χ4n) is 3.48. The van der Waals surface area contributed by atoms with Crippen molar-refractivity contribution in [3.8, 4) is 0 Å². The molecule has 146 valence electrons. The lowest BCUT2D eigenvalue weighted by atomic mass is 10.1. The normalized spacial score (nSPS) is 17.0. The number of nitrogens with zero attached hydrogens (tertiary/aromatic N) is 1. The molecular formula is C21H39NO3. The number of rotatable bonds is 14. The van der Waals surface area contributed by atoms with Gasteiger partial charge in [-0.1, -0.05) is 71.6 Å². The molecule has 0 bridgehead atoms. The van der Waals surface area contributed by atoms with E-state index in [-0.39, 0.29) is 17.9 Å². The molecule has 25 heavy (non-hydrogen) atoms. The molecule has 4 nitrogen and oxygen atoms in total. The highest BCUT2D eigenvalue weighted by molar-refractivity contribution is 5.85. The largest absolute Gasteiger partial charge is 0.464 e. The first kappa shape index (κ1) is 22.0. The van der Waals surface area contributed by atoms with Crippen LogP contribution in [0.15, 0.2) is 0 Å². The Labute approximate surface area is 154 Å². The van der Waals surface area contributed by atoms with Gasteiger partial charge in [0.05, 0.1) is 6.61 Å². The van der Waals surface area contributed by atoms with E-state index >= 15 is 0 Å². The van der Waals surface area contributed by atoms with Gasteiger partial charge in [-0.2, -0.15) is 0 Å². The van der Waals surface area contributed by atoms with Crippen LogP contribution in [0, 0.1) is 0 Å². The second-order valence-electron chi connectivity index (χ2n) is 7.34. The average molecular weight is 354 g/mol. The number of carbonyl (C=O) groups is 2. The minimum absolute atomic E-state index is 0.135. The van der Waals surface area contributed by atoms with Crippen molar-refractivity contribution >= 4 is 11.9 Å². The van der Waals surface area contributed by atoms with Gasteiger partial charge < -0.3 is 9.64 Å². The molecule has 0 N–H and O–H groups in total. The van der Waals surface area contributed by atoms with Crippen molar-refractivity contribution in [2.24, 2.45) is 0 Å². The molecule has 1 rings (SSSR count). The summed E-state index contributed by atoms with van der Waals surface area (Å²) in [7, 11) is 0. The Balaban J connectivity index is 2.19. The van der Waals surface area contributed by atoms with E-state index in [0.29, 0.717) is 19.6 Å². The molecule has 0 aromatic heterocycles. The van der Waals surface area contributed by atoms with Crippen LogP contribution in [0.5, 0.6) is 0 Å². The zero-order valence-corrected chi connectivity index (χ0v) is 16.6. The summed E-state index contributed by atoms with van der Waals surface area (Å²) in [5, 5.41) is 0. The number of hydrogen-bond acceptors (Lipinski definition) is 3. The highest BCUT2D eigenvalue weighted by Gasteiger charge is 2.34. The average Bonchev–Trinajstić information content (AvgIpc) is 3.10. The van der Waals surface area contributed by atoms with Crippen molar-refractivity contribution in [3.63, 3.8) is 0 Å². The Kier molecular flexibility index (Phi) is 12.4. The van der Waals surface area contributed by atoms with Gasteiger partial charge in [-0.15, -0.1) is 0 Å². The second kappa shape index (κ2) is 14.1. The number of esters is 1. The molecule has 4 heteroatoms. The zero-order chi connectivity index (χ0) is 18.3. The second-order valence-corrected chi connectivity index (χ2v) is 7.34. The molecule has 0 aromatic rings. The molecule has 1 unspecified atom stereocenters. The van der Waals surface area contributed by atoms with Gasteiger partial charge in [0.1, 0.15) is 6.04 Å². The van der Waals surface area contributed by atoms with E-state index < -0.39 is 0 Å². The summed E-state index contributed by atoms with van der Waals surface area (Å²) in [6.45, 7) is 5.61. The maximum atomic E-state index is 12.4. The highest BCUT2D eigenvalue weighted by Crippen LogP contribution is 2.21. The van der Waals surface area contributed by atoms with Crippen molar-refractivity contribution in [2.75, 3.05) is 13.2 Å². The summed E-state index contributed by atoms with van der Waals surface area (Å²) in [5.74, 6) is -0.0547. The summed E-state index contributed by atoms with van der Waals surface area (Å²) in [6, 6.07) is -0.330. The van der Waals surface area contributed by atoms with Gasteiger partial charge in [0, 0.05) is 13.0 Å². The Morgan fingerprint density at radius 3 is 2.16 bits per heavy atom. The number of hydrogen-bond donors (Lipinski definition) is 0. The predicted molar refractivity (Wildman–Crippen MR) is 102 cm³/mol. The predicted octanol–water partition coefficient (Wildman–Crippen LogP) is 5.24. The maximum Gasteiger partial charge on any atom is 0.328 e. The van der Waals surface area contributed by atoms with Crippen LogP contribution in [0.25, 0.3) is 0 Å². The molecule has 1 atom stereocenters. The van der Waals surface area contributed by atoms with Crippen LogP contribution in [-0.2, 0) is 14.3 Å². The van der Waals surface area contributed by atoms with Crippen LogP contribution in [0.2, 0.25) is 0 Å². The monoisotopic (exact) mass is 353 g/mol. The Morgan fingerprint density at radius 2 is 1.48 bits per heavy atom. The number of likely N-dealkylation sites (tertiary alicyclic amines) is 1. The quantitative estimate of drug-likeness (QED) is 0.317. The summed E-state index contributed by atoms with van der Waals surface area (Å²) in [6.07, 6.45) is 15.1. The van der Waals surface area contributed by atoms with Gasteiger partial charge in [0.25, 0.3) is 0 Å². The first-order valence-electron chi connectivity index (χ1n) is 10.7. The van der Waals surface area contributed by atoms with Crippen molar-refractivity contribution in [3.05, 3.63) is 0 Å². The zero-order valence-electron chi connectivity index (χ0n) is 16.6. The lowest BCUT2D eigenvalue weighted by molar-refractivity contribution is -0.153. The fourth-order valence-corrected chi connectivity index (χ4v) is 3.48. The summed E-state index contributed by atoms with van der Waals surface area (Å²) in [4.78, 5) is 26.4. The third-order valence-corrected chi connectivity index (χ3v) is 5.08. The molecule has 1 aliphatic heterocycles. The first-order valence-corrected chi connectivity index (χ1v) is 10.7. The molecule has 0 saturated carbocycles. The standard InChI is InChI=1S/C21H39NO3/c1-3-5-7-9-11-13-18-25-21(24)19-15-14-17-22(19)20(23)16-12-10-8-6-4-2/h19H,3-18H2,1-2H3. The lowest BCUT2D eigenvalue weighted by Crippen LogP contribution is -2.41.